The molecule has 0 aliphatic heterocycles. The lowest BCUT2D eigenvalue weighted by molar-refractivity contribution is -0.174. The highest BCUT2D eigenvalue weighted by Crippen LogP contribution is 2.20. The standard InChI is InChI=1S/C11H16F3N3O2S/c1-7(15-2)8-5-20-10(16-8)17-9(18)3-4-19-6-11(12,13)14/h5,7,15H,3-4,6H2,1-2H3,(H,16,17,18). The molecular weight excluding hydrogens is 295 g/mol. The van der Waals surface area contributed by atoms with Crippen LogP contribution in [0.15, 0.2) is 5.38 Å². The molecule has 114 valence electrons. The van der Waals surface area contributed by atoms with Gasteiger partial charge in [0.05, 0.1) is 18.7 Å². The van der Waals surface area contributed by atoms with Crippen LogP contribution in [0.2, 0.25) is 0 Å². The smallest absolute Gasteiger partial charge is 0.372 e. The van der Waals surface area contributed by atoms with E-state index in [4.69, 9.17) is 0 Å². The number of rotatable bonds is 7. The lowest BCUT2D eigenvalue weighted by Gasteiger charge is -2.07. The summed E-state index contributed by atoms with van der Waals surface area (Å²) in [4.78, 5) is 15.7. The van der Waals surface area contributed by atoms with Gasteiger partial charge < -0.3 is 15.4 Å². The number of aromatic nitrogens is 1. The minimum Gasteiger partial charge on any atom is -0.372 e. The van der Waals surface area contributed by atoms with Gasteiger partial charge in [-0.05, 0) is 14.0 Å². The summed E-state index contributed by atoms with van der Waals surface area (Å²) in [5, 5.41) is 7.75. The highest BCUT2D eigenvalue weighted by molar-refractivity contribution is 7.13. The predicted molar refractivity (Wildman–Crippen MR) is 69.7 cm³/mol. The van der Waals surface area contributed by atoms with Crippen LogP contribution in [0, 0.1) is 0 Å². The Morgan fingerprint density at radius 2 is 2.25 bits per heavy atom. The van der Waals surface area contributed by atoms with Crippen molar-refractivity contribution >= 4 is 22.4 Å². The fraction of sp³-hybridized carbons (Fsp3) is 0.636. The van der Waals surface area contributed by atoms with Crippen LogP contribution in [0.25, 0.3) is 0 Å². The molecule has 0 saturated heterocycles. The van der Waals surface area contributed by atoms with Gasteiger partial charge in [0.1, 0.15) is 6.61 Å². The van der Waals surface area contributed by atoms with E-state index in [9.17, 15) is 18.0 Å². The van der Waals surface area contributed by atoms with E-state index >= 15 is 0 Å². The Hall–Kier alpha value is -1.19. The lowest BCUT2D eigenvalue weighted by atomic mass is 10.3. The van der Waals surface area contributed by atoms with Crippen molar-refractivity contribution in [2.75, 3.05) is 25.6 Å². The quantitative estimate of drug-likeness (QED) is 0.759. The van der Waals surface area contributed by atoms with Crippen molar-refractivity contribution in [2.24, 2.45) is 0 Å². The molecule has 0 aliphatic rings. The molecule has 0 radical (unpaired) electrons. The van der Waals surface area contributed by atoms with Crippen LogP contribution in [0.3, 0.4) is 0 Å². The molecule has 1 unspecified atom stereocenters. The largest absolute Gasteiger partial charge is 0.411 e. The van der Waals surface area contributed by atoms with Gasteiger partial charge in [-0.25, -0.2) is 4.98 Å². The summed E-state index contributed by atoms with van der Waals surface area (Å²) in [6.07, 6.45) is -4.52. The van der Waals surface area contributed by atoms with Gasteiger partial charge >= 0.3 is 6.18 Å². The molecule has 1 amide bonds. The maximum Gasteiger partial charge on any atom is 0.411 e. The van der Waals surface area contributed by atoms with Gasteiger partial charge in [-0.3, -0.25) is 4.79 Å². The molecule has 0 saturated carbocycles. The first kappa shape index (κ1) is 16.9. The Morgan fingerprint density at radius 1 is 1.55 bits per heavy atom. The van der Waals surface area contributed by atoms with E-state index in [0.29, 0.717) is 5.13 Å². The van der Waals surface area contributed by atoms with Gasteiger partial charge in [0.2, 0.25) is 5.91 Å². The summed E-state index contributed by atoms with van der Waals surface area (Å²) >= 11 is 1.26. The first-order valence-corrected chi connectivity index (χ1v) is 6.77. The second-order valence-corrected chi connectivity index (χ2v) is 4.91. The summed E-state index contributed by atoms with van der Waals surface area (Å²) in [5.74, 6) is -0.426. The summed E-state index contributed by atoms with van der Waals surface area (Å²) in [5.41, 5.74) is 0.793. The van der Waals surface area contributed by atoms with Gasteiger partial charge in [-0.15, -0.1) is 11.3 Å². The van der Waals surface area contributed by atoms with E-state index in [0.717, 1.165) is 5.69 Å². The first-order chi connectivity index (χ1) is 9.31. The van der Waals surface area contributed by atoms with Crippen molar-refractivity contribution in [3.05, 3.63) is 11.1 Å². The Bertz CT molecular complexity index is 437. The van der Waals surface area contributed by atoms with Gasteiger partial charge in [-0.2, -0.15) is 13.2 Å². The average Bonchev–Trinajstić information content (AvgIpc) is 2.81. The number of anilines is 1. The summed E-state index contributed by atoms with van der Waals surface area (Å²) in [6, 6.07) is 0.0621. The Kier molecular flexibility index (Phi) is 6.37. The third-order valence-electron chi connectivity index (χ3n) is 2.38. The molecule has 1 heterocycles. The lowest BCUT2D eigenvalue weighted by Crippen LogP contribution is -2.20. The van der Waals surface area contributed by atoms with E-state index in [1.54, 1.807) is 12.4 Å². The second kappa shape index (κ2) is 7.55. The Balaban J connectivity index is 2.30. The van der Waals surface area contributed by atoms with Crippen LogP contribution >= 0.6 is 11.3 Å². The Labute approximate surface area is 118 Å². The maximum absolute atomic E-state index is 11.8. The second-order valence-electron chi connectivity index (χ2n) is 4.05. The molecule has 0 bridgehead atoms. The van der Waals surface area contributed by atoms with Crippen LogP contribution in [0.4, 0.5) is 18.3 Å². The van der Waals surface area contributed by atoms with Gasteiger partial charge in [0.25, 0.3) is 0 Å². The fourth-order valence-electron chi connectivity index (χ4n) is 1.22. The third-order valence-corrected chi connectivity index (χ3v) is 3.16. The zero-order chi connectivity index (χ0) is 15.2. The Morgan fingerprint density at radius 3 is 2.85 bits per heavy atom. The molecule has 0 aliphatic carbocycles. The molecule has 2 N–H and O–H groups in total. The SMILES string of the molecule is CNC(C)c1csc(NC(=O)CCOCC(F)(F)F)n1. The molecule has 1 atom stereocenters. The van der Waals surface area contributed by atoms with Crippen LogP contribution in [-0.4, -0.2) is 37.3 Å². The normalized spacial score (nSPS) is 13.2. The van der Waals surface area contributed by atoms with Gasteiger partial charge in [-0.1, -0.05) is 0 Å². The maximum atomic E-state index is 11.8. The van der Waals surface area contributed by atoms with Crippen molar-refractivity contribution in [3.63, 3.8) is 0 Å². The molecule has 1 aromatic heterocycles. The van der Waals surface area contributed by atoms with Crippen molar-refractivity contribution in [1.29, 1.82) is 0 Å². The number of alkyl halides is 3. The van der Waals surface area contributed by atoms with Crippen molar-refractivity contribution in [1.82, 2.24) is 10.3 Å². The van der Waals surface area contributed by atoms with E-state index in [1.807, 2.05) is 6.92 Å². The van der Waals surface area contributed by atoms with Gasteiger partial charge in [0.15, 0.2) is 5.13 Å². The number of thiazole rings is 1. The number of hydrogen-bond acceptors (Lipinski definition) is 5. The summed E-state index contributed by atoms with van der Waals surface area (Å²) < 4.78 is 39.8. The highest BCUT2D eigenvalue weighted by Gasteiger charge is 2.27. The molecule has 5 nitrogen and oxygen atoms in total. The third kappa shape index (κ3) is 6.31. The fourth-order valence-corrected chi connectivity index (χ4v) is 2.04. The zero-order valence-electron chi connectivity index (χ0n) is 11.1. The van der Waals surface area contributed by atoms with Crippen LogP contribution in [-0.2, 0) is 9.53 Å². The van der Waals surface area contributed by atoms with Crippen molar-refractivity contribution in [2.45, 2.75) is 25.6 Å². The van der Waals surface area contributed by atoms with Gasteiger partial charge in [0, 0.05) is 11.4 Å². The molecule has 0 fully saturated rings. The highest BCUT2D eigenvalue weighted by atomic mass is 32.1. The topological polar surface area (TPSA) is 63.2 Å². The van der Waals surface area contributed by atoms with Crippen molar-refractivity contribution < 1.29 is 22.7 Å². The average molecular weight is 311 g/mol. The summed E-state index contributed by atoms with van der Waals surface area (Å²) in [7, 11) is 1.79. The van der Waals surface area contributed by atoms with Crippen LogP contribution in [0.5, 0.6) is 0 Å². The predicted octanol–water partition coefficient (Wildman–Crippen LogP) is 2.33. The molecular formula is C11H16F3N3O2S. The first-order valence-electron chi connectivity index (χ1n) is 5.89. The number of halogens is 3. The van der Waals surface area contributed by atoms with Crippen molar-refractivity contribution in [3.8, 4) is 0 Å². The zero-order valence-corrected chi connectivity index (χ0v) is 11.9. The monoisotopic (exact) mass is 311 g/mol. The van der Waals surface area contributed by atoms with E-state index in [2.05, 4.69) is 20.4 Å². The van der Waals surface area contributed by atoms with Crippen LogP contribution < -0.4 is 10.6 Å². The molecule has 20 heavy (non-hydrogen) atoms. The minimum atomic E-state index is -4.37. The number of ether oxygens (including phenoxy) is 1. The van der Waals surface area contributed by atoms with E-state index < -0.39 is 18.7 Å². The number of nitrogens with zero attached hydrogens (tertiary/aromatic N) is 1. The molecule has 1 rings (SSSR count). The van der Waals surface area contributed by atoms with E-state index in [1.165, 1.54) is 11.3 Å². The number of hydrogen-bond donors (Lipinski definition) is 2. The molecule has 1 aromatic rings. The number of nitrogens with one attached hydrogen (secondary N) is 2. The molecule has 0 spiro atoms. The number of carbonyl (C=O) groups is 1. The summed E-state index contributed by atoms with van der Waals surface area (Å²) in [6.45, 7) is 0.295. The molecule has 9 heteroatoms. The molecule has 0 aromatic carbocycles. The minimum absolute atomic E-state index is 0.0621. The number of amides is 1. The van der Waals surface area contributed by atoms with Crippen LogP contribution in [0.1, 0.15) is 25.1 Å². The van der Waals surface area contributed by atoms with E-state index in [-0.39, 0.29) is 19.1 Å². The number of carbonyl (C=O) groups excluding carboxylic acids is 1.